The topological polar surface area (TPSA) is 87.1 Å². The number of ether oxygens (including phenoxy) is 1. The molecule has 0 unspecified atom stereocenters. The Bertz CT molecular complexity index is 471. The number of hydrogen-bond acceptors (Lipinski definition) is 4. The zero-order valence-electron chi connectivity index (χ0n) is 12.3. The summed E-state index contributed by atoms with van der Waals surface area (Å²) in [4.78, 5) is 24.2. The molecule has 0 saturated heterocycles. The predicted molar refractivity (Wildman–Crippen MR) is 77.3 cm³/mol. The average molecular weight is 295 g/mol. The molecule has 0 radical (unpaired) electrons. The molecule has 1 aromatic carbocycles. The largest absolute Gasteiger partial charge is 0.508 e. The van der Waals surface area contributed by atoms with Crippen LogP contribution in [0, 0.1) is 0 Å². The maximum Gasteiger partial charge on any atom is 0.410 e. The number of likely N-dealkylation sites (N-methyl/N-ethyl adjacent to an activating group) is 1. The van der Waals surface area contributed by atoms with Gasteiger partial charge >= 0.3 is 12.1 Å². The van der Waals surface area contributed by atoms with E-state index in [1.165, 1.54) is 19.2 Å². The zero-order valence-corrected chi connectivity index (χ0v) is 12.3. The zero-order chi connectivity index (χ0) is 15.8. The van der Waals surface area contributed by atoms with Gasteiger partial charge in [-0.15, -0.1) is 0 Å². The summed E-state index contributed by atoms with van der Waals surface area (Å²) in [7, 11) is 1.41. The van der Waals surface area contributed by atoms with Crippen LogP contribution in [0.3, 0.4) is 0 Å². The minimum atomic E-state index is -1.10. The highest BCUT2D eigenvalue weighted by molar-refractivity contribution is 5.80. The Kier molecular flexibility index (Phi) is 6.52. The first kappa shape index (κ1) is 16.8. The predicted octanol–water partition coefficient (Wildman–Crippen LogP) is 2.26. The number of hydrogen-bond donors (Lipinski definition) is 2. The van der Waals surface area contributed by atoms with Crippen LogP contribution >= 0.6 is 0 Å². The normalized spacial score (nSPS) is 11.7. The van der Waals surface area contributed by atoms with E-state index >= 15 is 0 Å². The van der Waals surface area contributed by atoms with Gasteiger partial charge in [-0.25, -0.2) is 9.59 Å². The van der Waals surface area contributed by atoms with Crippen molar-refractivity contribution in [2.75, 3.05) is 13.7 Å². The van der Waals surface area contributed by atoms with Gasteiger partial charge in [-0.1, -0.05) is 25.5 Å². The summed E-state index contributed by atoms with van der Waals surface area (Å²) in [5.41, 5.74) is 0.716. The lowest BCUT2D eigenvalue weighted by molar-refractivity contribution is -0.142. The maximum absolute atomic E-state index is 11.8. The molecule has 0 aliphatic carbocycles. The minimum Gasteiger partial charge on any atom is -0.508 e. The van der Waals surface area contributed by atoms with Crippen LogP contribution in [0.25, 0.3) is 0 Å². The average Bonchev–Trinajstić information content (AvgIpc) is 2.45. The van der Waals surface area contributed by atoms with Crippen LogP contribution < -0.4 is 0 Å². The van der Waals surface area contributed by atoms with E-state index in [0.717, 1.165) is 17.7 Å². The lowest BCUT2D eigenvalue weighted by Crippen LogP contribution is -2.44. The molecule has 0 saturated carbocycles. The lowest BCUT2D eigenvalue weighted by atomic mass is 10.1. The number of carbonyl (C=O) groups excluding carboxylic acids is 1. The van der Waals surface area contributed by atoms with Gasteiger partial charge in [0.05, 0.1) is 6.61 Å². The van der Waals surface area contributed by atoms with Gasteiger partial charge in [-0.05, 0) is 24.1 Å². The molecule has 1 amide bonds. The fourth-order valence-corrected chi connectivity index (χ4v) is 1.78. The van der Waals surface area contributed by atoms with Gasteiger partial charge < -0.3 is 14.9 Å². The summed E-state index contributed by atoms with van der Waals surface area (Å²) in [6.07, 6.45) is 1.14. The molecule has 1 atom stereocenters. The first-order chi connectivity index (χ1) is 9.95. The summed E-state index contributed by atoms with van der Waals surface area (Å²) < 4.78 is 5.02. The van der Waals surface area contributed by atoms with Gasteiger partial charge in [0.25, 0.3) is 0 Å². The van der Waals surface area contributed by atoms with Crippen molar-refractivity contribution >= 4 is 12.1 Å². The fourth-order valence-electron chi connectivity index (χ4n) is 1.78. The maximum atomic E-state index is 11.8. The van der Waals surface area contributed by atoms with Crippen molar-refractivity contribution in [2.45, 2.75) is 32.2 Å². The van der Waals surface area contributed by atoms with Gasteiger partial charge in [0.1, 0.15) is 11.8 Å². The van der Waals surface area contributed by atoms with E-state index in [-0.39, 0.29) is 18.8 Å². The third-order valence-corrected chi connectivity index (χ3v) is 3.13. The molecule has 0 fully saturated rings. The second-order valence-corrected chi connectivity index (χ2v) is 4.80. The quantitative estimate of drug-likeness (QED) is 0.753. The van der Waals surface area contributed by atoms with Gasteiger partial charge in [-0.3, -0.25) is 4.90 Å². The van der Waals surface area contributed by atoms with Crippen molar-refractivity contribution in [2.24, 2.45) is 0 Å². The van der Waals surface area contributed by atoms with Gasteiger partial charge in [0, 0.05) is 13.5 Å². The van der Waals surface area contributed by atoms with E-state index in [2.05, 4.69) is 0 Å². The highest BCUT2D eigenvalue weighted by Crippen LogP contribution is 2.14. The molecule has 0 spiro atoms. The Morgan fingerprint density at radius 3 is 2.43 bits per heavy atom. The van der Waals surface area contributed by atoms with Gasteiger partial charge in [0.2, 0.25) is 0 Å². The van der Waals surface area contributed by atoms with E-state index in [4.69, 9.17) is 4.74 Å². The Morgan fingerprint density at radius 1 is 1.29 bits per heavy atom. The Hall–Kier alpha value is -2.24. The number of aromatic hydroxyl groups is 1. The minimum absolute atomic E-state index is 0.109. The molecule has 2 N–H and O–H groups in total. The first-order valence-corrected chi connectivity index (χ1v) is 6.86. The van der Waals surface area contributed by atoms with Gasteiger partial charge in [0.15, 0.2) is 0 Å². The molecule has 0 bridgehead atoms. The van der Waals surface area contributed by atoms with E-state index in [9.17, 15) is 19.8 Å². The summed E-state index contributed by atoms with van der Waals surface area (Å²) in [6, 6.07) is 5.20. The van der Waals surface area contributed by atoms with E-state index in [1.807, 2.05) is 6.92 Å². The smallest absolute Gasteiger partial charge is 0.410 e. The summed E-state index contributed by atoms with van der Waals surface area (Å²) in [6.45, 7) is 2.26. The van der Waals surface area contributed by atoms with Crippen molar-refractivity contribution < 1.29 is 24.5 Å². The van der Waals surface area contributed by atoms with Crippen molar-refractivity contribution in [3.63, 3.8) is 0 Å². The Balaban J connectivity index is 2.69. The number of phenolic OH excluding ortho intramolecular Hbond substituents is 1. The third kappa shape index (κ3) is 5.33. The number of amides is 1. The Labute approximate surface area is 124 Å². The molecule has 0 heterocycles. The van der Waals surface area contributed by atoms with Crippen molar-refractivity contribution in [1.82, 2.24) is 4.90 Å². The number of carbonyl (C=O) groups is 2. The molecule has 1 rings (SSSR count). The number of benzene rings is 1. The lowest BCUT2D eigenvalue weighted by Gasteiger charge is -2.24. The molecular weight excluding hydrogens is 274 g/mol. The number of aliphatic carboxylic acids is 1. The van der Waals surface area contributed by atoms with Crippen LogP contribution in [0.4, 0.5) is 4.79 Å². The molecule has 1 aromatic rings. The third-order valence-electron chi connectivity index (χ3n) is 3.13. The highest BCUT2D eigenvalue weighted by Gasteiger charge is 2.27. The number of rotatable bonds is 7. The second kappa shape index (κ2) is 8.14. The van der Waals surface area contributed by atoms with Crippen LogP contribution in [-0.2, 0) is 16.0 Å². The number of carboxylic acids is 1. The summed E-state index contributed by atoms with van der Waals surface area (Å²) in [5, 5.41) is 18.5. The monoisotopic (exact) mass is 295 g/mol. The molecule has 0 aliphatic rings. The number of nitrogens with zero attached hydrogens (tertiary/aromatic N) is 1. The summed E-state index contributed by atoms with van der Waals surface area (Å²) in [5.74, 6) is -0.990. The van der Waals surface area contributed by atoms with Crippen LogP contribution in [0.5, 0.6) is 5.75 Å². The van der Waals surface area contributed by atoms with E-state index in [1.54, 1.807) is 12.1 Å². The van der Waals surface area contributed by atoms with Crippen LogP contribution in [0.1, 0.15) is 25.3 Å². The van der Waals surface area contributed by atoms with E-state index in [0.29, 0.717) is 5.56 Å². The van der Waals surface area contributed by atoms with Crippen molar-refractivity contribution in [3.8, 4) is 5.75 Å². The van der Waals surface area contributed by atoms with E-state index < -0.39 is 18.1 Å². The molecule has 6 heteroatoms. The molecule has 6 nitrogen and oxygen atoms in total. The molecule has 0 aliphatic heterocycles. The molecular formula is C15H21NO5. The van der Waals surface area contributed by atoms with Crippen LogP contribution in [0.15, 0.2) is 24.3 Å². The summed E-state index contributed by atoms with van der Waals surface area (Å²) >= 11 is 0. The molecule has 0 aromatic heterocycles. The van der Waals surface area contributed by atoms with Crippen molar-refractivity contribution in [3.05, 3.63) is 29.8 Å². The molecule has 21 heavy (non-hydrogen) atoms. The van der Waals surface area contributed by atoms with Crippen LogP contribution in [-0.4, -0.2) is 46.9 Å². The van der Waals surface area contributed by atoms with Crippen molar-refractivity contribution in [1.29, 1.82) is 0 Å². The highest BCUT2D eigenvalue weighted by atomic mass is 16.6. The number of carboxylic acid groups (broad SMARTS) is 1. The van der Waals surface area contributed by atoms with Gasteiger partial charge in [-0.2, -0.15) is 0 Å². The number of unbranched alkanes of at least 4 members (excludes halogenated alkanes) is 1. The van der Waals surface area contributed by atoms with Crippen LogP contribution in [0.2, 0.25) is 0 Å². The SMILES string of the molecule is CCCCOC(=O)N(C)[C@@H](Cc1ccc(O)cc1)C(=O)O. The first-order valence-electron chi connectivity index (χ1n) is 6.86. The second-order valence-electron chi connectivity index (χ2n) is 4.80. The molecule has 116 valence electrons. The standard InChI is InChI=1S/C15H21NO5/c1-3-4-9-21-15(20)16(2)13(14(18)19)10-11-5-7-12(17)8-6-11/h5-8,13,17H,3-4,9-10H2,1-2H3,(H,18,19)/t13-/m0/s1. The number of phenols is 1. The fraction of sp³-hybridized carbons (Fsp3) is 0.467. The Morgan fingerprint density at radius 2 is 1.90 bits per heavy atom.